The molecule has 2 heterocycles. The van der Waals surface area contributed by atoms with E-state index in [1.54, 1.807) is 62.5 Å². The van der Waals surface area contributed by atoms with Gasteiger partial charge < -0.3 is 24.4 Å². The third-order valence-corrected chi connectivity index (χ3v) is 6.07. The fourth-order valence-corrected chi connectivity index (χ4v) is 4.23. The summed E-state index contributed by atoms with van der Waals surface area (Å²) in [6.45, 7) is 0.352. The van der Waals surface area contributed by atoms with E-state index in [1.165, 1.54) is 4.57 Å². The van der Waals surface area contributed by atoms with Crippen LogP contribution >= 0.6 is 11.6 Å². The van der Waals surface area contributed by atoms with Gasteiger partial charge in [0.25, 0.3) is 11.9 Å². The van der Waals surface area contributed by atoms with Gasteiger partial charge in [-0.3, -0.25) is 13.9 Å². The zero-order valence-corrected chi connectivity index (χ0v) is 20.0. The quantitative estimate of drug-likeness (QED) is 0.523. The lowest BCUT2D eigenvalue weighted by molar-refractivity contribution is 0.201. The van der Waals surface area contributed by atoms with Crippen molar-refractivity contribution in [3.63, 3.8) is 0 Å². The normalized spacial score (nSPS) is 14.9. The highest BCUT2D eigenvalue weighted by molar-refractivity contribution is 6.30. The molecule has 0 saturated carbocycles. The van der Waals surface area contributed by atoms with Gasteiger partial charge in [0, 0.05) is 38.8 Å². The second-order valence-corrected chi connectivity index (χ2v) is 8.47. The second kappa shape index (κ2) is 9.82. The first-order valence-corrected chi connectivity index (χ1v) is 11.2. The number of aliphatic hydroxyl groups is 1. The molecule has 0 fully saturated rings. The van der Waals surface area contributed by atoms with Crippen LogP contribution in [0.2, 0.25) is 5.02 Å². The van der Waals surface area contributed by atoms with E-state index in [2.05, 4.69) is 0 Å². The van der Waals surface area contributed by atoms with Crippen molar-refractivity contribution < 1.29 is 14.6 Å². The number of aromatic nitrogens is 2. The molecule has 0 amide bonds. The molecule has 0 saturated heterocycles. The van der Waals surface area contributed by atoms with Crippen molar-refractivity contribution in [2.75, 3.05) is 30.6 Å². The minimum absolute atomic E-state index is 0.121. The average molecular weight is 487 g/mol. The summed E-state index contributed by atoms with van der Waals surface area (Å²) in [7, 11) is 5.00. The Bertz CT molecular complexity index is 1270. The molecule has 2 aromatic carbocycles. The van der Waals surface area contributed by atoms with E-state index < -0.39 is 17.6 Å². The van der Waals surface area contributed by atoms with Gasteiger partial charge in [0.05, 0.1) is 7.11 Å². The molecule has 0 bridgehead atoms. The highest BCUT2D eigenvalue weighted by atomic mass is 35.5. The van der Waals surface area contributed by atoms with Crippen molar-refractivity contribution in [2.45, 2.75) is 25.9 Å². The monoisotopic (exact) mass is 486 g/mol. The van der Waals surface area contributed by atoms with Gasteiger partial charge in [0.15, 0.2) is 0 Å². The maximum absolute atomic E-state index is 13.5. The molecule has 1 aromatic heterocycles. The van der Waals surface area contributed by atoms with Crippen LogP contribution in [0.15, 0.2) is 58.1 Å². The van der Waals surface area contributed by atoms with Gasteiger partial charge in [0.1, 0.15) is 23.0 Å². The molecule has 10 heteroatoms. The Labute approximate surface area is 201 Å². The van der Waals surface area contributed by atoms with E-state index in [4.69, 9.17) is 21.1 Å². The number of ether oxygens (including phenoxy) is 2. The van der Waals surface area contributed by atoms with Crippen molar-refractivity contribution >= 4 is 23.1 Å². The molecule has 1 unspecified atom stereocenters. The molecule has 9 nitrogen and oxygen atoms in total. The van der Waals surface area contributed by atoms with Crippen LogP contribution in [0.25, 0.3) is 0 Å². The lowest BCUT2D eigenvalue weighted by Crippen LogP contribution is -2.46. The number of halogens is 1. The van der Waals surface area contributed by atoms with Crippen molar-refractivity contribution in [1.82, 2.24) is 9.13 Å². The third kappa shape index (κ3) is 4.36. The Morgan fingerprint density at radius 1 is 1.00 bits per heavy atom. The molecule has 0 aliphatic carbocycles. The molecule has 1 N–H and O–H groups in total. The Hall–Kier alpha value is -3.43. The summed E-state index contributed by atoms with van der Waals surface area (Å²) in [6.07, 6.45) is -0.390. The molecule has 180 valence electrons. The van der Waals surface area contributed by atoms with Gasteiger partial charge in [-0.05, 0) is 48.4 Å². The summed E-state index contributed by atoms with van der Waals surface area (Å²) in [4.78, 5) is 30.1. The van der Waals surface area contributed by atoms with Gasteiger partial charge in [-0.15, -0.1) is 0 Å². The largest absolute Gasteiger partial charge is 0.497 e. The van der Waals surface area contributed by atoms with E-state index in [9.17, 15) is 14.7 Å². The highest BCUT2D eigenvalue weighted by Crippen LogP contribution is 2.37. The standard InChI is InChI=1S/C24H27ClN4O5/c1-26-21-20(22(31)28(23(26)32)13-4-14-30)29(15-16-5-7-17(25)8-6-16)24(27(21)2)34-19-11-9-18(33-3)10-12-19/h5-12,24,30H,4,13-15H2,1-3H3. The van der Waals surface area contributed by atoms with Crippen LogP contribution < -0.4 is 30.5 Å². The van der Waals surface area contributed by atoms with Gasteiger partial charge in [-0.2, -0.15) is 0 Å². The smallest absolute Gasteiger partial charge is 0.332 e. The Morgan fingerprint density at radius 3 is 2.26 bits per heavy atom. The number of benzene rings is 2. The average Bonchev–Trinajstić information content (AvgIpc) is 3.11. The molecular weight excluding hydrogens is 460 g/mol. The summed E-state index contributed by atoms with van der Waals surface area (Å²) in [5.41, 5.74) is 0.411. The first-order valence-electron chi connectivity index (χ1n) is 10.8. The van der Waals surface area contributed by atoms with Gasteiger partial charge in [-0.25, -0.2) is 4.79 Å². The summed E-state index contributed by atoms with van der Waals surface area (Å²) < 4.78 is 14.1. The molecule has 0 radical (unpaired) electrons. The molecule has 1 aliphatic heterocycles. The Morgan fingerprint density at radius 2 is 1.65 bits per heavy atom. The highest BCUT2D eigenvalue weighted by Gasteiger charge is 2.40. The summed E-state index contributed by atoms with van der Waals surface area (Å²) in [6, 6.07) is 14.5. The lowest BCUT2D eigenvalue weighted by atomic mass is 10.2. The minimum atomic E-state index is -0.689. The fourth-order valence-electron chi connectivity index (χ4n) is 4.11. The number of rotatable bonds is 8. The van der Waals surface area contributed by atoms with Crippen LogP contribution in [0, 0.1) is 0 Å². The Kier molecular flexibility index (Phi) is 6.85. The minimum Gasteiger partial charge on any atom is -0.497 e. The van der Waals surface area contributed by atoms with Crippen LogP contribution in [-0.2, 0) is 20.1 Å². The third-order valence-electron chi connectivity index (χ3n) is 5.82. The first-order chi connectivity index (χ1) is 16.3. The number of nitrogens with zero attached hydrogens (tertiary/aromatic N) is 4. The topological polar surface area (TPSA) is 89.2 Å². The van der Waals surface area contributed by atoms with Crippen LogP contribution in [0.1, 0.15) is 12.0 Å². The molecule has 1 atom stereocenters. The summed E-state index contributed by atoms with van der Waals surface area (Å²) >= 11 is 6.06. The van der Waals surface area contributed by atoms with Gasteiger partial charge >= 0.3 is 5.69 Å². The SMILES string of the molecule is COc1ccc(OC2N(C)c3c(c(=O)n(CCCO)c(=O)n3C)N2Cc2ccc(Cl)cc2)cc1. The second-order valence-electron chi connectivity index (χ2n) is 8.03. The molecule has 0 spiro atoms. The molecular formula is C24H27ClN4O5. The predicted molar refractivity (Wildman–Crippen MR) is 131 cm³/mol. The molecule has 4 rings (SSSR count). The van der Waals surface area contributed by atoms with Crippen molar-refractivity contribution in [1.29, 1.82) is 0 Å². The van der Waals surface area contributed by atoms with Crippen LogP contribution in [0.4, 0.5) is 11.5 Å². The van der Waals surface area contributed by atoms with Crippen LogP contribution in [0.5, 0.6) is 11.5 Å². The number of aliphatic hydroxyl groups excluding tert-OH is 1. The van der Waals surface area contributed by atoms with E-state index in [-0.39, 0.29) is 13.2 Å². The van der Waals surface area contributed by atoms with Gasteiger partial charge in [0.2, 0.25) is 0 Å². The van der Waals surface area contributed by atoms with E-state index in [1.807, 2.05) is 17.0 Å². The number of hydrogen-bond acceptors (Lipinski definition) is 7. The van der Waals surface area contributed by atoms with Crippen molar-refractivity contribution in [3.8, 4) is 11.5 Å². The lowest BCUT2D eigenvalue weighted by Gasteiger charge is -2.30. The van der Waals surface area contributed by atoms with Crippen LogP contribution in [-0.4, -0.2) is 41.4 Å². The first kappa shape index (κ1) is 23.7. The number of methoxy groups -OCH3 is 1. The van der Waals surface area contributed by atoms with Crippen molar-refractivity contribution in [3.05, 3.63) is 80.0 Å². The van der Waals surface area contributed by atoms with E-state index in [0.29, 0.717) is 41.0 Å². The van der Waals surface area contributed by atoms with Gasteiger partial charge in [-0.1, -0.05) is 23.7 Å². The number of anilines is 2. The molecule has 1 aliphatic rings. The predicted octanol–water partition coefficient (Wildman–Crippen LogP) is 2.41. The number of hydrogen-bond donors (Lipinski definition) is 1. The Balaban J connectivity index is 1.81. The summed E-state index contributed by atoms with van der Waals surface area (Å²) in [5.74, 6) is 1.74. The van der Waals surface area contributed by atoms with E-state index in [0.717, 1.165) is 10.1 Å². The maximum Gasteiger partial charge on any atom is 0.332 e. The maximum atomic E-state index is 13.5. The summed E-state index contributed by atoms with van der Waals surface area (Å²) in [5, 5.41) is 9.86. The zero-order chi connectivity index (χ0) is 24.4. The molecule has 34 heavy (non-hydrogen) atoms. The van der Waals surface area contributed by atoms with Crippen molar-refractivity contribution in [2.24, 2.45) is 7.05 Å². The molecule has 3 aromatic rings. The van der Waals surface area contributed by atoms with E-state index >= 15 is 0 Å². The fraction of sp³-hybridized carbons (Fsp3) is 0.333. The number of fused-ring (bicyclic) bond motifs is 1. The van der Waals surface area contributed by atoms with Crippen LogP contribution in [0.3, 0.4) is 0 Å². The zero-order valence-electron chi connectivity index (χ0n) is 19.3.